The molecular formula is C12H13N3O2. The molecule has 1 saturated heterocycles. The predicted molar refractivity (Wildman–Crippen MR) is 65.4 cm³/mol. The summed E-state index contributed by atoms with van der Waals surface area (Å²) in [6, 6.07) is 7.07. The highest BCUT2D eigenvalue weighted by Crippen LogP contribution is 2.11. The zero-order valence-electron chi connectivity index (χ0n) is 9.27. The molecule has 2 aromatic rings. The van der Waals surface area contributed by atoms with E-state index in [0.717, 1.165) is 13.0 Å². The molecule has 0 saturated carbocycles. The van der Waals surface area contributed by atoms with Crippen molar-refractivity contribution in [1.82, 2.24) is 14.9 Å². The van der Waals surface area contributed by atoms with Gasteiger partial charge in [0.05, 0.1) is 16.9 Å². The highest BCUT2D eigenvalue weighted by molar-refractivity contribution is 5.76. The number of aromatic nitrogens is 2. The van der Waals surface area contributed by atoms with Gasteiger partial charge in [-0.3, -0.25) is 9.36 Å². The molecule has 0 spiro atoms. The van der Waals surface area contributed by atoms with Crippen LogP contribution in [0.4, 0.5) is 0 Å². The third-order valence-corrected chi connectivity index (χ3v) is 3.24. The van der Waals surface area contributed by atoms with Crippen molar-refractivity contribution in [2.45, 2.75) is 12.5 Å². The molecule has 2 N–H and O–H groups in total. The van der Waals surface area contributed by atoms with E-state index < -0.39 is 0 Å². The van der Waals surface area contributed by atoms with Crippen molar-refractivity contribution in [2.24, 2.45) is 0 Å². The molecule has 0 aliphatic carbocycles. The minimum absolute atomic E-state index is 0.0316. The molecule has 1 aliphatic heterocycles. The number of H-pyrrole nitrogens is 1. The Kier molecular flexibility index (Phi) is 2.33. The van der Waals surface area contributed by atoms with Crippen LogP contribution in [0.2, 0.25) is 0 Å². The van der Waals surface area contributed by atoms with Crippen molar-refractivity contribution in [2.75, 3.05) is 13.1 Å². The summed E-state index contributed by atoms with van der Waals surface area (Å²) in [4.78, 5) is 26.9. The summed E-state index contributed by atoms with van der Waals surface area (Å²) < 4.78 is 1.34. The van der Waals surface area contributed by atoms with Gasteiger partial charge in [0.2, 0.25) is 0 Å². The van der Waals surface area contributed by atoms with Gasteiger partial charge in [-0.2, -0.15) is 0 Å². The van der Waals surface area contributed by atoms with Crippen LogP contribution < -0.4 is 16.6 Å². The number of fused-ring (bicyclic) bond motifs is 1. The van der Waals surface area contributed by atoms with Crippen LogP contribution in [-0.4, -0.2) is 22.6 Å². The second kappa shape index (κ2) is 3.85. The van der Waals surface area contributed by atoms with E-state index >= 15 is 0 Å². The third-order valence-electron chi connectivity index (χ3n) is 3.24. The van der Waals surface area contributed by atoms with Crippen molar-refractivity contribution >= 4 is 10.9 Å². The number of hydrogen-bond donors (Lipinski definition) is 2. The minimum atomic E-state index is -0.317. The summed E-state index contributed by atoms with van der Waals surface area (Å²) in [6.07, 6.45) is 0.821. The molecule has 5 heteroatoms. The summed E-state index contributed by atoms with van der Waals surface area (Å²) in [6.45, 7) is 1.53. The Morgan fingerprint density at radius 3 is 2.82 bits per heavy atom. The van der Waals surface area contributed by atoms with Gasteiger partial charge in [-0.05, 0) is 25.1 Å². The first-order valence-electron chi connectivity index (χ1n) is 5.71. The lowest BCUT2D eigenvalue weighted by Crippen LogP contribution is -2.38. The van der Waals surface area contributed by atoms with Crippen LogP contribution in [0.5, 0.6) is 0 Å². The fourth-order valence-corrected chi connectivity index (χ4v) is 2.37. The summed E-state index contributed by atoms with van der Waals surface area (Å²) in [5.41, 5.74) is 0.0881. The van der Waals surface area contributed by atoms with Crippen LogP contribution in [0.25, 0.3) is 10.9 Å². The first-order valence-corrected chi connectivity index (χ1v) is 5.71. The molecule has 0 amide bonds. The van der Waals surface area contributed by atoms with Crippen molar-refractivity contribution in [3.63, 3.8) is 0 Å². The number of hydrogen-bond acceptors (Lipinski definition) is 3. The van der Waals surface area contributed by atoms with Crippen molar-refractivity contribution in [3.05, 3.63) is 45.1 Å². The van der Waals surface area contributed by atoms with E-state index in [1.54, 1.807) is 24.3 Å². The zero-order valence-corrected chi connectivity index (χ0v) is 9.27. The van der Waals surface area contributed by atoms with E-state index in [1.807, 2.05) is 0 Å². The van der Waals surface area contributed by atoms with Gasteiger partial charge in [0.25, 0.3) is 5.56 Å². The first-order chi connectivity index (χ1) is 8.27. The van der Waals surface area contributed by atoms with Crippen LogP contribution in [0.15, 0.2) is 33.9 Å². The monoisotopic (exact) mass is 231 g/mol. The summed E-state index contributed by atoms with van der Waals surface area (Å²) in [7, 11) is 0. The molecule has 1 aromatic heterocycles. The predicted octanol–water partition coefficient (Wildman–Crippen LogP) is 0.224. The van der Waals surface area contributed by atoms with Crippen molar-refractivity contribution < 1.29 is 0 Å². The fourth-order valence-electron chi connectivity index (χ4n) is 2.37. The van der Waals surface area contributed by atoms with Gasteiger partial charge >= 0.3 is 5.69 Å². The smallest absolute Gasteiger partial charge is 0.315 e. The Hall–Kier alpha value is -1.88. The summed E-state index contributed by atoms with van der Waals surface area (Å²) in [5.74, 6) is 0. The standard InChI is InChI=1S/C12H13N3O2/c16-11-9-3-1-2-4-10(9)14-12(17)15(11)8-5-6-13-7-8/h1-4,8,13H,5-7H2,(H,14,17)/t8-/m1/s1. The lowest BCUT2D eigenvalue weighted by atomic mass is 10.2. The van der Waals surface area contributed by atoms with Gasteiger partial charge in [-0.1, -0.05) is 12.1 Å². The van der Waals surface area contributed by atoms with Crippen molar-refractivity contribution in [3.8, 4) is 0 Å². The molecule has 1 atom stereocenters. The van der Waals surface area contributed by atoms with Crippen LogP contribution in [0.1, 0.15) is 12.5 Å². The van der Waals surface area contributed by atoms with Gasteiger partial charge in [0, 0.05) is 6.54 Å². The highest BCUT2D eigenvalue weighted by atomic mass is 16.2. The SMILES string of the molecule is O=c1[nH]c2ccccc2c(=O)n1[C@@H]1CCNC1. The third kappa shape index (κ3) is 1.59. The van der Waals surface area contributed by atoms with E-state index in [2.05, 4.69) is 10.3 Å². The number of para-hydroxylation sites is 1. The molecule has 1 aliphatic rings. The van der Waals surface area contributed by atoms with Crippen LogP contribution >= 0.6 is 0 Å². The molecule has 3 rings (SSSR count). The molecular weight excluding hydrogens is 218 g/mol. The van der Waals surface area contributed by atoms with Gasteiger partial charge in [-0.15, -0.1) is 0 Å². The number of aromatic amines is 1. The molecule has 0 unspecified atom stereocenters. The molecule has 1 fully saturated rings. The Morgan fingerprint density at radius 1 is 1.24 bits per heavy atom. The topological polar surface area (TPSA) is 66.9 Å². The average Bonchev–Trinajstić information content (AvgIpc) is 2.83. The largest absolute Gasteiger partial charge is 0.329 e. The maximum Gasteiger partial charge on any atom is 0.329 e. The molecule has 17 heavy (non-hydrogen) atoms. The lowest BCUT2D eigenvalue weighted by Gasteiger charge is -2.11. The molecule has 88 valence electrons. The molecule has 2 heterocycles. The van der Waals surface area contributed by atoms with Gasteiger partial charge in [-0.25, -0.2) is 4.79 Å². The minimum Gasteiger partial charge on any atom is -0.315 e. The van der Waals surface area contributed by atoms with Gasteiger partial charge in [0.1, 0.15) is 0 Å². The summed E-state index contributed by atoms with van der Waals surface area (Å²) in [5, 5.41) is 3.73. The number of benzene rings is 1. The normalized spacial score (nSPS) is 19.9. The maximum absolute atomic E-state index is 12.3. The Bertz CT molecular complexity index is 665. The summed E-state index contributed by atoms with van der Waals surface area (Å²) >= 11 is 0. The Morgan fingerprint density at radius 2 is 2.06 bits per heavy atom. The fraction of sp³-hybridized carbons (Fsp3) is 0.333. The zero-order chi connectivity index (χ0) is 11.8. The molecule has 1 aromatic carbocycles. The first kappa shape index (κ1) is 10.3. The number of rotatable bonds is 1. The highest BCUT2D eigenvalue weighted by Gasteiger charge is 2.20. The Labute approximate surface area is 97.1 Å². The van der Waals surface area contributed by atoms with E-state index in [9.17, 15) is 9.59 Å². The van der Waals surface area contributed by atoms with Crippen LogP contribution in [0, 0.1) is 0 Å². The van der Waals surface area contributed by atoms with Gasteiger partial charge < -0.3 is 10.3 Å². The Balaban J connectivity index is 2.31. The quantitative estimate of drug-likeness (QED) is 0.738. The average molecular weight is 231 g/mol. The number of nitrogens with zero attached hydrogens (tertiary/aromatic N) is 1. The number of nitrogens with one attached hydrogen (secondary N) is 2. The van der Waals surface area contributed by atoms with E-state index in [-0.39, 0.29) is 17.3 Å². The molecule has 5 nitrogen and oxygen atoms in total. The van der Waals surface area contributed by atoms with Crippen LogP contribution in [-0.2, 0) is 0 Å². The lowest BCUT2D eigenvalue weighted by molar-refractivity contribution is 0.508. The molecule has 0 radical (unpaired) electrons. The van der Waals surface area contributed by atoms with E-state index in [0.29, 0.717) is 17.4 Å². The van der Waals surface area contributed by atoms with Gasteiger partial charge in [0.15, 0.2) is 0 Å². The molecule has 0 bridgehead atoms. The van der Waals surface area contributed by atoms with E-state index in [4.69, 9.17) is 0 Å². The van der Waals surface area contributed by atoms with Crippen LogP contribution in [0.3, 0.4) is 0 Å². The second-order valence-corrected chi connectivity index (χ2v) is 4.30. The van der Waals surface area contributed by atoms with Crippen molar-refractivity contribution in [1.29, 1.82) is 0 Å². The van der Waals surface area contributed by atoms with E-state index in [1.165, 1.54) is 4.57 Å². The second-order valence-electron chi connectivity index (χ2n) is 4.30. The maximum atomic E-state index is 12.3.